The minimum atomic E-state index is -0.936. The Morgan fingerprint density at radius 2 is 1.84 bits per heavy atom. The smallest absolute Gasteiger partial charge is 0.255 e. The third-order valence-electron chi connectivity index (χ3n) is 6.06. The van der Waals surface area contributed by atoms with Gasteiger partial charge in [0.25, 0.3) is 5.91 Å². The lowest BCUT2D eigenvalue weighted by Gasteiger charge is -2.24. The van der Waals surface area contributed by atoms with Gasteiger partial charge in [-0.2, -0.15) is 0 Å². The van der Waals surface area contributed by atoms with E-state index in [-0.39, 0.29) is 61.8 Å². The van der Waals surface area contributed by atoms with Gasteiger partial charge in [-0.05, 0) is 36.6 Å². The van der Waals surface area contributed by atoms with Crippen LogP contribution in [0, 0.1) is 5.92 Å². The molecule has 2 aromatic rings. The number of carbonyl (C=O) groups excluding carboxylic acids is 4. The third kappa shape index (κ3) is 8.89. The first-order valence-electron chi connectivity index (χ1n) is 12.6. The Balaban J connectivity index is 1.76. The average Bonchev–Trinajstić information content (AvgIpc) is 2.88. The first-order chi connectivity index (χ1) is 17.8. The van der Waals surface area contributed by atoms with Crippen molar-refractivity contribution in [1.29, 1.82) is 0 Å². The van der Waals surface area contributed by atoms with Gasteiger partial charge in [-0.1, -0.05) is 32.0 Å². The molecule has 0 saturated carbocycles. The van der Waals surface area contributed by atoms with Crippen molar-refractivity contribution < 1.29 is 23.9 Å². The maximum Gasteiger partial charge on any atom is 0.255 e. The number of rotatable bonds is 5. The second-order valence-corrected chi connectivity index (χ2v) is 9.25. The van der Waals surface area contributed by atoms with Gasteiger partial charge in [0.15, 0.2) is 0 Å². The highest BCUT2D eigenvalue weighted by Gasteiger charge is 2.25. The first-order valence-corrected chi connectivity index (χ1v) is 12.6. The van der Waals surface area contributed by atoms with E-state index in [1.54, 1.807) is 30.5 Å². The highest BCUT2D eigenvalue weighted by Crippen LogP contribution is 2.19. The molecule has 0 unspecified atom stereocenters. The summed E-state index contributed by atoms with van der Waals surface area (Å²) in [7, 11) is 0. The molecule has 37 heavy (non-hydrogen) atoms. The molecule has 0 bridgehead atoms. The predicted octanol–water partition coefficient (Wildman–Crippen LogP) is 1.36. The number of hydrogen-bond acceptors (Lipinski definition) is 6. The van der Waals surface area contributed by atoms with Crippen LogP contribution in [0.3, 0.4) is 0 Å². The van der Waals surface area contributed by atoms with Gasteiger partial charge in [0.05, 0.1) is 11.6 Å². The lowest BCUT2D eigenvalue weighted by molar-refractivity contribution is -0.124. The minimum Gasteiger partial charge on any atom is -0.491 e. The van der Waals surface area contributed by atoms with E-state index in [2.05, 4.69) is 26.3 Å². The molecule has 3 rings (SSSR count). The van der Waals surface area contributed by atoms with Crippen molar-refractivity contribution in [2.45, 2.75) is 51.6 Å². The number of benzene rings is 1. The van der Waals surface area contributed by atoms with Crippen LogP contribution in [0.5, 0.6) is 5.75 Å². The fourth-order valence-corrected chi connectivity index (χ4v) is 3.81. The maximum atomic E-state index is 13.2. The summed E-state index contributed by atoms with van der Waals surface area (Å²) in [5.74, 6) is -0.957. The van der Waals surface area contributed by atoms with E-state index in [4.69, 9.17) is 4.74 Å². The number of carbonyl (C=O) groups is 4. The molecule has 1 aromatic carbocycles. The van der Waals surface area contributed by atoms with Gasteiger partial charge in [-0.3, -0.25) is 24.2 Å². The summed E-state index contributed by atoms with van der Waals surface area (Å²) in [6, 6.07) is 11.1. The van der Waals surface area contributed by atoms with E-state index >= 15 is 0 Å². The van der Waals surface area contributed by atoms with Crippen LogP contribution in [-0.4, -0.2) is 60.4 Å². The van der Waals surface area contributed by atoms with Gasteiger partial charge in [0.1, 0.15) is 18.4 Å². The van der Waals surface area contributed by atoms with E-state index < -0.39 is 17.9 Å². The first kappa shape index (κ1) is 27.6. The second kappa shape index (κ2) is 14.0. The molecule has 2 heterocycles. The highest BCUT2D eigenvalue weighted by atomic mass is 16.5. The minimum absolute atomic E-state index is 0.00694. The SMILES string of the molecule is CC(C)[C@@H]1COc2ccccc2C(=O)N[C@H](C(=O)NCCc2ccccn2)CCC(=O)NCCC(=O)N1. The topological polar surface area (TPSA) is 139 Å². The van der Waals surface area contributed by atoms with Crippen molar-refractivity contribution in [2.24, 2.45) is 5.92 Å². The van der Waals surface area contributed by atoms with Crippen molar-refractivity contribution in [2.75, 3.05) is 19.7 Å². The molecule has 4 N–H and O–H groups in total. The Kier molecular flexibility index (Phi) is 10.4. The zero-order valence-electron chi connectivity index (χ0n) is 21.3. The van der Waals surface area contributed by atoms with Crippen molar-refractivity contribution in [3.63, 3.8) is 0 Å². The summed E-state index contributed by atoms with van der Waals surface area (Å²) in [5, 5.41) is 11.2. The van der Waals surface area contributed by atoms with Crippen molar-refractivity contribution in [3.05, 3.63) is 59.9 Å². The normalized spacial score (nSPS) is 19.6. The van der Waals surface area contributed by atoms with Crippen LogP contribution in [0.4, 0.5) is 0 Å². The van der Waals surface area contributed by atoms with Gasteiger partial charge >= 0.3 is 0 Å². The van der Waals surface area contributed by atoms with E-state index in [9.17, 15) is 19.2 Å². The van der Waals surface area contributed by atoms with Crippen molar-refractivity contribution in [3.8, 4) is 5.75 Å². The number of pyridine rings is 1. The fourth-order valence-electron chi connectivity index (χ4n) is 3.81. The molecule has 0 aliphatic carbocycles. The summed E-state index contributed by atoms with van der Waals surface area (Å²) in [6.45, 7) is 4.60. The van der Waals surface area contributed by atoms with Crippen molar-refractivity contribution >= 4 is 23.6 Å². The molecule has 0 spiro atoms. The van der Waals surface area contributed by atoms with Gasteiger partial charge in [-0.25, -0.2) is 0 Å². The number of nitrogens with zero attached hydrogens (tertiary/aromatic N) is 1. The average molecular weight is 510 g/mol. The molecule has 1 aromatic heterocycles. The van der Waals surface area contributed by atoms with Crippen LogP contribution in [0.15, 0.2) is 48.7 Å². The zero-order valence-corrected chi connectivity index (χ0v) is 21.3. The molecular formula is C27H35N5O5. The van der Waals surface area contributed by atoms with E-state index in [0.29, 0.717) is 18.7 Å². The summed E-state index contributed by atoms with van der Waals surface area (Å²) < 4.78 is 5.95. The molecule has 10 nitrogen and oxygen atoms in total. The van der Waals surface area contributed by atoms with E-state index in [1.165, 1.54) is 0 Å². The second-order valence-electron chi connectivity index (χ2n) is 9.25. The molecular weight excluding hydrogens is 474 g/mol. The molecule has 10 heteroatoms. The van der Waals surface area contributed by atoms with Crippen LogP contribution >= 0.6 is 0 Å². The molecule has 0 radical (unpaired) electrons. The molecule has 1 aliphatic rings. The van der Waals surface area contributed by atoms with Gasteiger partial charge in [-0.15, -0.1) is 0 Å². The fraction of sp³-hybridized carbons (Fsp3) is 0.444. The summed E-state index contributed by atoms with van der Waals surface area (Å²) in [4.78, 5) is 55.2. The standard InChI is InChI=1S/C27H35N5O5/c1-18(2)22-17-37-23-9-4-3-8-20(23)26(35)32-21(10-11-24(33)29-16-13-25(34)31-22)27(36)30-15-12-19-7-5-6-14-28-19/h3-9,14,18,21-22H,10-13,15-17H2,1-2H3,(H,29,33)(H,30,36)(H,31,34)(H,32,35)/t21-,22-/m0/s1. The van der Waals surface area contributed by atoms with Gasteiger partial charge in [0.2, 0.25) is 17.7 Å². The summed E-state index contributed by atoms with van der Waals surface area (Å²) in [6.07, 6.45) is 2.44. The van der Waals surface area contributed by atoms with Crippen LogP contribution < -0.4 is 26.0 Å². The number of hydrogen-bond donors (Lipinski definition) is 4. The predicted molar refractivity (Wildman–Crippen MR) is 138 cm³/mol. The van der Waals surface area contributed by atoms with Crippen LogP contribution in [0.25, 0.3) is 0 Å². The lowest BCUT2D eigenvalue weighted by atomic mass is 10.0. The molecule has 4 amide bonds. The van der Waals surface area contributed by atoms with Crippen LogP contribution in [-0.2, 0) is 20.8 Å². The molecule has 0 saturated heterocycles. The largest absolute Gasteiger partial charge is 0.491 e. The van der Waals surface area contributed by atoms with Gasteiger partial charge < -0.3 is 26.0 Å². The number of fused-ring (bicyclic) bond motifs is 1. The highest BCUT2D eigenvalue weighted by molar-refractivity contribution is 5.99. The Bertz CT molecular complexity index is 1080. The Morgan fingerprint density at radius 3 is 2.59 bits per heavy atom. The zero-order chi connectivity index (χ0) is 26.6. The van der Waals surface area contributed by atoms with E-state index in [0.717, 1.165) is 5.69 Å². The lowest BCUT2D eigenvalue weighted by Crippen LogP contribution is -2.48. The Hall–Kier alpha value is -3.95. The maximum absolute atomic E-state index is 13.2. The quantitative estimate of drug-likeness (QED) is 0.480. The summed E-state index contributed by atoms with van der Waals surface area (Å²) in [5.41, 5.74) is 1.10. The molecule has 198 valence electrons. The number of amides is 4. The monoisotopic (exact) mass is 509 g/mol. The number of nitrogens with one attached hydrogen (secondary N) is 4. The molecule has 2 atom stereocenters. The third-order valence-corrected chi connectivity index (χ3v) is 6.06. The number of para-hydroxylation sites is 1. The number of aromatic nitrogens is 1. The Labute approximate surface area is 217 Å². The van der Waals surface area contributed by atoms with Crippen molar-refractivity contribution in [1.82, 2.24) is 26.3 Å². The molecule has 0 fully saturated rings. The Morgan fingerprint density at radius 1 is 1.05 bits per heavy atom. The van der Waals surface area contributed by atoms with Crippen LogP contribution in [0.1, 0.15) is 49.2 Å². The van der Waals surface area contributed by atoms with Crippen LogP contribution in [0.2, 0.25) is 0 Å². The number of ether oxygens (including phenoxy) is 1. The molecule has 1 aliphatic heterocycles. The summed E-state index contributed by atoms with van der Waals surface area (Å²) >= 11 is 0. The van der Waals surface area contributed by atoms with Gasteiger partial charge in [0, 0.05) is 44.2 Å². The van der Waals surface area contributed by atoms with E-state index in [1.807, 2.05) is 32.0 Å².